The Hall–Kier alpha value is -2.92. The Morgan fingerprint density at radius 1 is 1.00 bits per heavy atom. The molecule has 1 heterocycles. The maximum absolute atomic E-state index is 11.5. The SMILES string of the molecule is CC(=O)c1cccc(Nc2nc(C)cc(Nc3ccccc3Cl)n2)c1. The van der Waals surface area contributed by atoms with E-state index in [0.717, 1.165) is 17.1 Å². The Morgan fingerprint density at radius 2 is 1.80 bits per heavy atom. The van der Waals surface area contributed by atoms with E-state index in [2.05, 4.69) is 20.6 Å². The summed E-state index contributed by atoms with van der Waals surface area (Å²) in [5.74, 6) is 1.08. The number of hydrogen-bond acceptors (Lipinski definition) is 5. The fraction of sp³-hybridized carbons (Fsp3) is 0.105. The maximum Gasteiger partial charge on any atom is 0.229 e. The van der Waals surface area contributed by atoms with Crippen molar-refractivity contribution in [2.45, 2.75) is 13.8 Å². The number of ketones is 1. The summed E-state index contributed by atoms with van der Waals surface area (Å²) in [6, 6.07) is 16.5. The number of benzene rings is 2. The molecule has 0 spiro atoms. The molecule has 0 aliphatic heterocycles. The number of para-hydroxylation sites is 1. The number of nitrogens with one attached hydrogen (secondary N) is 2. The van der Waals surface area contributed by atoms with Gasteiger partial charge in [-0.15, -0.1) is 0 Å². The van der Waals surface area contributed by atoms with Crippen molar-refractivity contribution in [2.24, 2.45) is 0 Å². The number of carbonyl (C=O) groups is 1. The zero-order chi connectivity index (χ0) is 17.8. The van der Waals surface area contributed by atoms with Crippen LogP contribution in [-0.4, -0.2) is 15.8 Å². The minimum Gasteiger partial charge on any atom is -0.339 e. The van der Waals surface area contributed by atoms with E-state index in [0.29, 0.717) is 22.4 Å². The molecule has 2 aromatic carbocycles. The highest BCUT2D eigenvalue weighted by molar-refractivity contribution is 6.33. The van der Waals surface area contributed by atoms with Crippen LogP contribution in [-0.2, 0) is 0 Å². The third-order valence-corrected chi connectivity index (χ3v) is 3.85. The molecule has 0 fully saturated rings. The summed E-state index contributed by atoms with van der Waals surface area (Å²) >= 11 is 6.18. The molecule has 0 aliphatic rings. The highest BCUT2D eigenvalue weighted by Crippen LogP contribution is 2.25. The summed E-state index contributed by atoms with van der Waals surface area (Å²) in [6.07, 6.45) is 0. The monoisotopic (exact) mass is 352 g/mol. The first-order valence-electron chi connectivity index (χ1n) is 7.76. The van der Waals surface area contributed by atoms with Gasteiger partial charge in [-0.25, -0.2) is 4.98 Å². The Bertz CT molecular complexity index is 927. The van der Waals surface area contributed by atoms with Gasteiger partial charge >= 0.3 is 0 Å². The van der Waals surface area contributed by atoms with Crippen molar-refractivity contribution in [1.29, 1.82) is 0 Å². The molecule has 0 aliphatic carbocycles. The number of nitrogens with zero attached hydrogens (tertiary/aromatic N) is 2. The van der Waals surface area contributed by atoms with Crippen LogP contribution in [0.4, 0.5) is 23.1 Å². The molecule has 0 saturated carbocycles. The molecule has 0 atom stereocenters. The third kappa shape index (κ3) is 4.33. The van der Waals surface area contributed by atoms with Gasteiger partial charge in [0.2, 0.25) is 5.95 Å². The molecule has 3 aromatic rings. The van der Waals surface area contributed by atoms with Crippen molar-refractivity contribution in [1.82, 2.24) is 9.97 Å². The number of hydrogen-bond donors (Lipinski definition) is 2. The lowest BCUT2D eigenvalue weighted by Crippen LogP contribution is -2.03. The average molecular weight is 353 g/mol. The number of aryl methyl sites for hydroxylation is 1. The van der Waals surface area contributed by atoms with Crippen LogP contribution in [0.5, 0.6) is 0 Å². The molecule has 3 rings (SSSR count). The van der Waals surface area contributed by atoms with E-state index in [9.17, 15) is 4.79 Å². The van der Waals surface area contributed by atoms with E-state index in [-0.39, 0.29) is 5.78 Å². The van der Waals surface area contributed by atoms with Crippen molar-refractivity contribution in [3.05, 3.63) is 70.9 Å². The van der Waals surface area contributed by atoms with E-state index < -0.39 is 0 Å². The fourth-order valence-corrected chi connectivity index (χ4v) is 2.52. The number of rotatable bonds is 5. The largest absolute Gasteiger partial charge is 0.339 e. The van der Waals surface area contributed by atoms with Gasteiger partial charge in [0.1, 0.15) is 5.82 Å². The molecular formula is C19H17ClN4O. The molecule has 2 N–H and O–H groups in total. The van der Waals surface area contributed by atoms with Gasteiger partial charge in [0, 0.05) is 23.0 Å². The van der Waals surface area contributed by atoms with Gasteiger partial charge in [-0.05, 0) is 38.1 Å². The summed E-state index contributed by atoms with van der Waals surface area (Å²) in [4.78, 5) is 20.4. The quantitative estimate of drug-likeness (QED) is 0.623. The minimum absolute atomic E-state index is 0.00915. The molecular weight excluding hydrogens is 336 g/mol. The molecule has 6 heteroatoms. The van der Waals surface area contributed by atoms with E-state index >= 15 is 0 Å². The molecule has 1 aromatic heterocycles. The lowest BCUT2D eigenvalue weighted by molar-refractivity contribution is 0.101. The van der Waals surface area contributed by atoms with Crippen molar-refractivity contribution >= 4 is 40.5 Å². The summed E-state index contributed by atoms with van der Waals surface area (Å²) in [5.41, 5.74) is 2.95. The number of halogens is 1. The van der Waals surface area contributed by atoms with Crippen LogP contribution in [0.25, 0.3) is 0 Å². The molecule has 126 valence electrons. The Kier molecular flexibility index (Phi) is 4.95. The van der Waals surface area contributed by atoms with Crippen molar-refractivity contribution < 1.29 is 4.79 Å². The minimum atomic E-state index is 0.00915. The second-order valence-electron chi connectivity index (χ2n) is 5.59. The first-order valence-corrected chi connectivity index (χ1v) is 8.14. The van der Waals surface area contributed by atoms with Gasteiger partial charge in [-0.1, -0.05) is 35.9 Å². The predicted molar refractivity (Wildman–Crippen MR) is 101 cm³/mol. The molecule has 0 radical (unpaired) electrons. The zero-order valence-electron chi connectivity index (χ0n) is 13.9. The van der Waals surface area contributed by atoms with Gasteiger partial charge in [0.25, 0.3) is 0 Å². The van der Waals surface area contributed by atoms with Crippen LogP contribution < -0.4 is 10.6 Å². The summed E-state index contributed by atoms with van der Waals surface area (Å²) in [5, 5.41) is 6.94. The van der Waals surface area contributed by atoms with Crippen LogP contribution in [0.3, 0.4) is 0 Å². The summed E-state index contributed by atoms with van der Waals surface area (Å²) in [6.45, 7) is 3.42. The highest BCUT2D eigenvalue weighted by Gasteiger charge is 2.06. The van der Waals surface area contributed by atoms with E-state index in [1.165, 1.54) is 6.92 Å². The zero-order valence-corrected chi connectivity index (χ0v) is 14.6. The molecule has 0 saturated heterocycles. The van der Waals surface area contributed by atoms with Crippen LogP contribution in [0.15, 0.2) is 54.6 Å². The third-order valence-electron chi connectivity index (χ3n) is 3.52. The molecule has 5 nitrogen and oxygen atoms in total. The number of Topliss-reactive ketones (excluding diaryl/α,β-unsaturated/α-hetero) is 1. The van der Waals surface area contributed by atoms with Crippen LogP contribution in [0.1, 0.15) is 23.0 Å². The Morgan fingerprint density at radius 3 is 2.56 bits per heavy atom. The maximum atomic E-state index is 11.5. The second-order valence-corrected chi connectivity index (χ2v) is 5.99. The summed E-state index contributed by atoms with van der Waals surface area (Å²) < 4.78 is 0. The average Bonchev–Trinajstić information content (AvgIpc) is 2.57. The smallest absolute Gasteiger partial charge is 0.229 e. The van der Waals surface area contributed by atoms with Crippen molar-refractivity contribution in [3.63, 3.8) is 0 Å². The summed E-state index contributed by atoms with van der Waals surface area (Å²) in [7, 11) is 0. The molecule has 0 amide bonds. The Balaban J connectivity index is 1.86. The fourth-order valence-electron chi connectivity index (χ4n) is 2.33. The van der Waals surface area contributed by atoms with Crippen LogP contribution >= 0.6 is 11.6 Å². The first kappa shape index (κ1) is 16.9. The normalized spacial score (nSPS) is 10.4. The van der Waals surface area contributed by atoms with Crippen LogP contribution in [0.2, 0.25) is 5.02 Å². The number of anilines is 4. The predicted octanol–water partition coefficient (Wildman–Crippen LogP) is 5.13. The van der Waals surface area contributed by atoms with Crippen molar-refractivity contribution in [3.8, 4) is 0 Å². The van der Waals surface area contributed by atoms with E-state index in [1.54, 1.807) is 12.1 Å². The first-order chi connectivity index (χ1) is 12.0. The van der Waals surface area contributed by atoms with Crippen molar-refractivity contribution in [2.75, 3.05) is 10.6 Å². The molecule has 0 bridgehead atoms. The van der Waals surface area contributed by atoms with E-state index in [1.807, 2.05) is 49.4 Å². The lowest BCUT2D eigenvalue weighted by atomic mass is 10.1. The van der Waals surface area contributed by atoms with Gasteiger partial charge in [-0.3, -0.25) is 4.79 Å². The highest BCUT2D eigenvalue weighted by atomic mass is 35.5. The van der Waals surface area contributed by atoms with Gasteiger partial charge in [0.15, 0.2) is 5.78 Å². The van der Waals surface area contributed by atoms with E-state index in [4.69, 9.17) is 11.6 Å². The molecule has 25 heavy (non-hydrogen) atoms. The topological polar surface area (TPSA) is 66.9 Å². The van der Waals surface area contributed by atoms with Gasteiger partial charge in [0.05, 0.1) is 10.7 Å². The number of carbonyl (C=O) groups excluding carboxylic acids is 1. The second kappa shape index (κ2) is 7.32. The number of aromatic nitrogens is 2. The van der Waals surface area contributed by atoms with Gasteiger partial charge in [-0.2, -0.15) is 4.98 Å². The standard InChI is InChI=1S/C19H17ClN4O/c1-12-10-18(23-17-9-4-3-8-16(17)20)24-19(21-12)22-15-7-5-6-14(11-15)13(2)25/h3-11H,1-2H3,(H2,21,22,23,24). The van der Waals surface area contributed by atoms with Gasteiger partial charge < -0.3 is 10.6 Å². The van der Waals surface area contributed by atoms with Crippen LogP contribution in [0, 0.1) is 6.92 Å². The lowest BCUT2D eigenvalue weighted by Gasteiger charge is -2.11. The Labute approximate surface area is 151 Å². The molecule has 0 unspecified atom stereocenters.